The maximum atomic E-state index is 12.4. The summed E-state index contributed by atoms with van der Waals surface area (Å²) >= 11 is 0. The van der Waals surface area contributed by atoms with Crippen LogP contribution in [0.25, 0.3) is 0 Å². The van der Waals surface area contributed by atoms with E-state index in [4.69, 9.17) is 10.00 Å². The number of carbonyl (C=O) groups is 2. The summed E-state index contributed by atoms with van der Waals surface area (Å²) in [5.74, 6) is -0.982. The number of nitrogens with one attached hydrogen (secondary N) is 2. The van der Waals surface area contributed by atoms with E-state index in [-0.39, 0.29) is 0 Å². The third-order valence-corrected chi connectivity index (χ3v) is 3.77. The number of hydrogen-bond acceptors (Lipinski definition) is 4. The summed E-state index contributed by atoms with van der Waals surface area (Å²) in [6.07, 6.45) is 0. The summed E-state index contributed by atoms with van der Waals surface area (Å²) in [5, 5.41) is 14.4. The number of carbonyl (C=O) groups excluding carboxylic acids is 2. The average molecular weight is 337 g/mol. The summed E-state index contributed by atoms with van der Waals surface area (Å²) in [5.41, 5.74) is 1.73. The molecule has 0 saturated heterocycles. The van der Waals surface area contributed by atoms with Crippen molar-refractivity contribution >= 4 is 17.7 Å². The molecule has 0 aliphatic rings. The number of benzene rings is 2. The highest BCUT2D eigenvalue weighted by atomic mass is 16.5. The predicted octanol–water partition coefficient (Wildman–Crippen LogP) is 3.23. The third-order valence-electron chi connectivity index (χ3n) is 3.77. The molecule has 2 aromatic rings. The molecule has 2 amide bonds. The fourth-order valence-electron chi connectivity index (χ4n) is 2.45. The van der Waals surface area contributed by atoms with Crippen molar-refractivity contribution in [3.8, 4) is 6.07 Å². The summed E-state index contributed by atoms with van der Waals surface area (Å²) in [6, 6.07) is 16.8. The molecule has 128 valence electrons. The molecule has 25 heavy (non-hydrogen) atoms. The van der Waals surface area contributed by atoms with Gasteiger partial charge in [0.1, 0.15) is 0 Å². The van der Waals surface area contributed by atoms with Crippen LogP contribution in [0.2, 0.25) is 0 Å². The maximum absolute atomic E-state index is 12.4. The minimum absolute atomic E-state index is 0.416. The molecule has 0 fully saturated rings. The quantitative estimate of drug-likeness (QED) is 0.820. The number of ether oxygens (including phenoxy) is 1. The van der Waals surface area contributed by atoms with E-state index in [0.29, 0.717) is 11.3 Å². The topological polar surface area (TPSA) is 91.2 Å². The Kier molecular flexibility index (Phi) is 6.13. The van der Waals surface area contributed by atoms with Crippen molar-refractivity contribution in [3.63, 3.8) is 0 Å². The molecular formula is C19H19N3O3. The molecule has 6 heteroatoms. The molecule has 0 unspecified atom stereocenters. The lowest BCUT2D eigenvalue weighted by atomic mass is 9.94. The van der Waals surface area contributed by atoms with E-state index in [1.54, 1.807) is 31.2 Å². The molecule has 0 radical (unpaired) electrons. The van der Waals surface area contributed by atoms with Gasteiger partial charge in [0.15, 0.2) is 0 Å². The van der Waals surface area contributed by atoms with Crippen molar-refractivity contribution in [1.29, 1.82) is 5.26 Å². The van der Waals surface area contributed by atoms with Crippen LogP contribution < -0.4 is 10.6 Å². The number of nitriles is 1. The number of esters is 1. The summed E-state index contributed by atoms with van der Waals surface area (Å²) in [4.78, 5) is 24.3. The van der Waals surface area contributed by atoms with E-state index < -0.39 is 24.0 Å². The SMILES string of the molecule is COC(=O)[C@@H](C)[C@@H](NC(=O)Nc1cccc(C#N)c1)c1ccccc1. The second-order valence-corrected chi connectivity index (χ2v) is 5.49. The van der Waals surface area contributed by atoms with Gasteiger partial charge in [0.05, 0.1) is 30.7 Å². The normalized spacial score (nSPS) is 12.4. The van der Waals surface area contributed by atoms with Gasteiger partial charge in [0.25, 0.3) is 0 Å². The van der Waals surface area contributed by atoms with Gasteiger partial charge in [0, 0.05) is 5.69 Å². The lowest BCUT2D eigenvalue weighted by Gasteiger charge is -2.24. The molecule has 2 N–H and O–H groups in total. The Morgan fingerprint density at radius 1 is 1.12 bits per heavy atom. The zero-order valence-electron chi connectivity index (χ0n) is 14.0. The van der Waals surface area contributed by atoms with Crippen LogP contribution in [-0.2, 0) is 9.53 Å². The van der Waals surface area contributed by atoms with Crippen LogP contribution >= 0.6 is 0 Å². The predicted molar refractivity (Wildman–Crippen MR) is 93.7 cm³/mol. The number of urea groups is 1. The van der Waals surface area contributed by atoms with Crippen LogP contribution in [-0.4, -0.2) is 19.1 Å². The van der Waals surface area contributed by atoms with Crippen LogP contribution in [0, 0.1) is 17.2 Å². The first-order valence-corrected chi connectivity index (χ1v) is 7.75. The first kappa shape index (κ1) is 18.0. The standard InChI is InChI=1S/C19H19N3O3/c1-13(18(23)25-2)17(15-8-4-3-5-9-15)22-19(24)21-16-10-6-7-14(11-16)12-20/h3-11,13,17H,1-2H3,(H2,21,22,24)/t13-,17+/m0/s1. The molecule has 0 saturated carbocycles. The molecule has 0 aliphatic heterocycles. The zero-order valence-corrected chi connectivity index (χ0v) is 14.0. The van der Waals surface area contributed by atoms with Gasteiger partial charge in [-0.15, -0.1) is 0 Å². The molecule has 0 bridgehead atoms. The van der Waals surface area contributed by atoms with E-state index >= 15 is 0 Å². The number of amides is 2. The molecule has 0 aromatic heterocycles. The minimum Gasteiger partial charge on any atom is -0.469 e. The monoisotopic (exact) mass is 337 g/mol. The van der Waals surface area contributed by atoms with Crippen LogP contribution in [0.1, 0.15) is 24.1 Å². The van der Waals surface area contributed by atoms with Gasteiger partial charge in [-0.1, -0.05) is 36.4 Å². The lowest BCUT2D eigenvalue weighted by molar-refractivity contribution is -0.145. The van der Waals surface area contributed by atoms with Crippen molar-refractivity contribution in [2.24, 2.45) is 5.92 Å². The minimum atomic E-state index is -0.566. The highest BCUT2D eigenvalue weighted by Crippen LogP contribution is 2.23. The fraction of sp³-hybridized carbons (Fsp3) is 0.211. The van der Waals surface area contributed by atoms with Gasteiger partial charge in [-0.25, -0.2) is 4.79 Å². The smallest absolute Gasteiger partial charge is 0.319 e. The number of methoxy groups -OCH3 is 1. The summed E-state index contributed by atoms with van der Waals surface area (Å²) in [7, 11) is 1.31. The first-order chi connectivity index (χ1) is 12.0. The molecule has 0 spiro atoms. The zero-order chi connectivity index (χ0) is 18.2. The second-order valence-electron chi connectivity index (χ2n) is 5.49. The number of hydrogen-bond donors (Lipinski definition) is 2. The number of anilines is 1. The van der Waals surface area contributed by atoms with Crippen molar-refractivity contribution in [2.45, 2.75) is 13.0 Å². The molecule has 2 rings (SSSR count). The Balaban J connectivity index is 2.17. The Morgan fingerprint density at radius 3 is 2.48 bits per heavy atom. The molecule has 6 nitrogen and oxygen atoms in total. The lowest BCUT2D eigenvalue weighted by Crippen LogP contribution is -2.38. The van der Waals surface area contributed by atoms with Gasteiger partial charge < -0.3 is 15.4 Å². The molecule has 2 aromatic carbocycles. The first-order valence-electron chi connectivity index (χ1n) is 7.75. The van der Waals surface area contributed by atoms with Crippen LogP contribution in [0.4, 0.5) is 10.5 Å². The molecule has 0 heterocycles. The van der Waals surface area contributed by atoms with E-state index in [1.807, 2.05) is 36.4 Å². The summed E-state index contributed by atoms with van der Waals surface area (Å²) < 4.78 is 4.80. The van der Waals surface area contributed by atoms with E-state index in [1.165, 1.54) is 7.11 Å². The Bertz CT molecular complexity index is 784. The van der Waals surface area contributed by atoms with E-state index in [9.17, 15) is 9.59 Å². The molecule has 0 aliphatic carbocycles. The van der Waals surface area contributed by atoms with Crippen LogP contribution in [0.3, 0.4) is 0 Å². The second kappa shape index (κ2) is 8.50. The number of nitrogens with zero attached hydrogens (tertiary/aromatic N) is 1. The van der Waals surface area contributed by atoms with E-state index in [2.05, 4.69) is 10.6 Å². The highest BCUT2D eigenvalue weighted by Gasteiger charge is 2.27. The van der Waals surface area contributed by atoms with Crippen molar-refractivity contribution < 1.29 is 14.3 Å². The van der Waals surface area contributed by atoms with E-state index in [0.717, 1.165) is 5.56 Å². The Hall–Kier alpha value is -3.33. The van der Waals surface area contributed by atoms with Gasteiger partial charge in [-0.2, -0.15) is 5.26 Å². The van der Waals surface area contributed by atoms with Crippen molar-refractivity contribution in [3.05, 3.63) is 65.7 Å². The van der Waals surface area contributed by atoms with Crippen molar-refractivity contribution in [2.75, 3.05) is 12.4 Å². The van der Waals surface area contributed by atoms with Crippen LogP contribution in [0.5, 0.6) is 0 Å². The molecular weight excluding hydrogens is 318 g/mol. The maximum Gasteiger partial charge on any atom is 0.319 e. The Labute approximate surface area is 146 Å². The average Bonchev–Trinajstić information content (AvgIpc) is 2.65. The van der Waals surface area contributed by atoms with Gasteiger partial charge in [-0.3, -0.25) is 4.79 Å². The third kappa shape index (κ3) is 4.82. The van der Waals surface area contributed by atoms with Gasteiger partial charge in [0.2, 0.25) is 0 Å². The largest absolute Gasteiger partial charge is 0.469 e. The molecule has 2 atom stereocenters. The highest BCUT2D eigenvalue weighted by molar-refractivity contribution is 5.90. The summed E-state index contributed by atoms with van der Waals surface area (Å²) in [6.45, 7) is 1.69. The number of rotatable bonds is 5. The van der Waals surface area contributed by atoms with Crippen molar-refractivity contribution in [1.82, 2.24) is 5.32 Å². The fourth-order valence-corrected chi connectivity index (χ4v) is 2.45. The van der Waals surface area contributed by atoms with Crippen LogP contribution in [0.15, 0.2) is 54.6 Å². The van der Waals surface area contributed by atoms with Gasteiger partial charge >= 0.3 is 12.0 Å². The Morgan fingerprint density at radius 2 is 1.84 bits per heavy atom. The van der Waals surface area contributed by atoms with Gasteiger partial charge in [-0.05, 0) is 30.7 Å².